The number of aromatic nitrogens is 2. The van der Waals surface area contributed by atoms with Gasteiger partial charge in [-0.3, -0.25) is 19.1 Å². The number of aliphatic hydroxyl groups is 2. The molecule has 1 saturated heterocycles. The highest BCUT2D eigenvalue weighted by atomic mass is 32.1. The number of hydrogen-bond acceptors (Lipinski definition) is 9. The number of aromatic amines is 1. The number of thiol groups is 2. The SMILES string of the molecule is O=C(CCCCC(S)CCS)OCC1O[C@@H](n2ccc(=O)[nH]c2=O)[C@H](O)[C@@H]1O. The number of ether oxygens (including phenoxy) is 2. The van der Waals surface area contributed by atoms with Crippen LogP contribution in [0.2, 0.25) is 0 Å². The molecular weight excluding hydrogens is 408 g/mol. The zero-order chi connectivity index (χ0) is 20.7. The first-order chi connectivity index (χ1) is 13.3. The first kappa shape index (κ1) is 23.0. The van der Waals surface area contributed by atoms with Gasteiger partial charge in [-0.1, -0.05) is 6.42 Å². The smallest absolute Gasteiger partial charge is 0.330 e. The number of esters is 1. The molecule has 0 bridgehead atoms. The van der Waals surface area contributed by atoms with Crippen molar-refractivity contribution in [3.05, 3.63) is 33.1 Å². The monoisotopic (exact) mass is 434 g/mol. The Morgan fingerprint density at radius 1 is 1.29 bits per heavy atom. The summed E-state index contributed by atoms with van der Waals surface area (Å²) in [7, 11) is 0. The van der Waals surface area contributed by atoms with E-state index in [1.54, 1.807) is 0 Å². The van der Waals surface area contributed by atoms with Gasteiger partial charge in [-0.2, -0.15) is 25.3 Å². The van der Waals surface area contributed by atoms with Crippen LogP contribution in [0.5, 0.6) is 0 Å². The van der Waals surface area contributed by atoms with E-state index in [9.17, 15) is 24.6 Å². The molecule has 11 heteroatoms. The van der Waals surface area contributed by atoms with E-state index in [1.807, 2.05) is 4.98 Å². The molecule has 158 valence electrons. The van der Waals surface area contributed by atoms with Crippen molar-refractivity contribution >= 4 is 31.2 Å². The zero-order valence-corrected chi connectivity index (χ0v) is 17.1. The number of carbonyl (C=O) groups is 1. The molecule has 1 aromatic rings. The van der Waals surface area contributed by atoms with E-state index in [4.69, 9.17) is 9.47 Å². The molecule has 1 fully saturated rings. The zero-order valence-electron chi connectivity index (χ0n) is 15.3. The van der Waals surface area contributed by atoms with Crippen molar-refractivity contribution in [2.75, 3.05) is 12.4 Å². The summed E-state index contributed by atoms with van der Waals surface area (Å²) in [4.78, 5) is 36.9. The number of H-pyrrole nitrogens is 1. The molecule has 3 N–H and O–H groups in total. The van der Waals surface area contributed by atoms with Crippen LogP contribution in [0.4, 0.5) is 0 Å². The minimum atomic E-state index is -1.41. The van der Waals surface area contributed by atoms with Crippen LogP contribution in [0.1, 0.15) is 38.3 Å². The van der Waals surface area contributed by atoms with Crippen LogP contribution in [-0.2, 0) is 14.3 Å². The van der Waals surface area contributed by atoms with Crippen molar-refractivity contribution in [1.82, 2.24) is 9.55 Å². The van der Waals surface area contributed by atoms with Crippen LogP contribution in [0.25, 0.3) is 0 Å². The van der Waals surface area contributed by atoms with Gasteiger partial charge in [0.05, 0.1) is 0 Å². The molecule has 0 aliphatic carbocycles. The quantitative estimate of drug-likeness (QED) is 0.197. The standard InChI is InChI=1S/C17H26N2O7S2/c20-12-5-7-19(17(24)18-12)16-15(23)14(22)11(26-16)9-25-13(21)4-2-1-3-10(28)6-8-27/h5,7,10-11,14-16,22-23,27-28H,1-4,6,8-9H2,(H,18,20,24)/t10?,11?,14-,15-,16-/m1/s1. The molecule has 1 aromatic heterocycles. The second-order valence-electron chi connectivity index (χ2n) is 6.66. The third-order valence-corrected chi connectivity index (χ3v) is 5.28. The second kappa shape index (κ2) is 11.1. The van der Waals surface area contributed by atoms with E-state index < -0.39 is 41.8 Å². The number of unbranched alkanes of at least 4 members (excludes halogenated alkanes) is 1. The minimum Gasteiger partial charge on any atom is -0.463 e. The van der Waals surface area contributed by atoms with E-state index in [-0.39, 0.29) is 18.3 Å². The molecule has 0 radical (unpaired) electrons. The van der Waals surface area contributed by atoms with Crippen LogP contribution in [0.15, 0.2) is 21.9 Å². The fourth-order valence-electron chi connectivity index (χ4n) is 2.91. The lowest BCUT2D eigenvalue weighted by Crippen LogP contribution is -2.37. The predicted octanol–water partition coefficient (Wildman–Crippen LogP) is -0.122. The van der Waals surface area contributed by atoms with Crippen LogP contribution >= 0.6 is 25.3 Å². The molecule has 2 unspecified atom stereocenters. The lowest BCUT2D eigenvalue weighted by molar-refractivity contribution is -0.150. The predicted molar refractivity (Wildman–Crippen MR) is 108 cm³/mol. The number of carbonyl (C=O) groups excluding carboxylic acids is 1. The highest BCUT2D eigenvalue weighted by Gasteiger charge is 2.44. The van der Waals surface area contributed by atoms with Gasteiger partial charge in [0.1, 0.15) is 24.9 Å². The van der Waals surface area contributed by atoms with Crippen molar-refractivity contribution in [2.45, 2.75) is 61.9 Å². The molecule has 1 aliphatic heterocycles. The van der Waals surface area contributed by atoms with E-state index in [0.717, 1.165) is 35.6 Å². The Morgan fingerprint density at radius 2 is 2.04 bits per heavy atom. The van der Waals surface area contributed by atoms with Gasteiger partial charge in [-0.25, -0.2) is 4.79 Å². The molecule has 9 nitrogen and oxygen atoms in total. The normalized spacial score (nSPS) is 25.6. The maximum absolute atomic E-state index is 11.9. The minimum absolute atomic E-state index is 0.232. The average molecular weight is 435 g/mol. The number of rotatable bonds is 10. The van der Waals surface area contributed by atoms with Gasteiger partial charge >= 0.3 is 11.7 Å². The maximum Gasteiger partial charge on any atom is 0.330 e. The largest absolute Gasteiger partial charge is 0.463 e. The molecule has 0 amide bonds. The molecule has 28 heavy (non-hydrogen) atoms. The highest BCUT2D eigenvalue weighted by Crippen LogP contribution is 2.28. The van der Waals surface area contributed by atoms with Gasteiger partial charge in [-0.05, 0) is 25.0 Å². The van der Waals surface area contributed by atoms with E-state index in [0.29, 0.717) is 6.42 Å². The third-order valence-electron chi connectivity index (χ3n) is 4.50. The van der Waals surface area contributed by atoms with Crippen molar-refractivity contribution in [2.24, 2.45) is 0 Å². The summed E-state index contributed by atoms with van der Waals surface area (Å²) in [5.74, 6) is 0.345. The average Bonchev–Trinajstić information content (AvgIpc) is 2.92. The molecule has 0 saturated carbocycles. The molecular formula is C17H26N2O7S2. The molecule has 2 rings (SSSR count). The van der Waals surface area contributed by atoms with E-state index in [1.165, 1.54) is 6.20 Å². The second-order valence-corrected chi connectivity index (χ2v) is 7.84. The Hall–Kier alpha value is -1.27. The fraction of sp³-hybridized carbons (Fsp3) is 0.706. The Morgan fingerprint density at radius 3 is 2.71 bits per heavy atom. The summed E-state index contributed by atoms with van der Waals surface area (Å²) in [5, 5.41) is 20.5. The molecule has 0 spiro atoms. The van der Waals surface area contributed by atoms with Gasteiger partial charge < -0.3 is 19.7 Å². The highest BCUT2D eigenvalue weighted by molar-refractivity contribution is 7.81. The Bertz CT molecular complexity index is 754. The third kappa shape index (κ3) is 6.38. The number of hydrogen-bond donors (Lipinski definition) is 5. The summed E-state index contributed by atoms with van der Waals surface area (Å²) in [6.45, 7) is -0.249. The fourth-order valence-corrected chi connectivity index (χ4v) is 3.74. The lowest BCUT2D eigenvalue weighted by Gasteiger charge is -2.16. The topological polar surface area (TPSA) is 131 Å². The van der Waals surface area contributed by atoms with Gasteiger partial charge in [-0.15, -0.1) is 0 Å². The van der Waals surface area contributed by atoms with Crippen LogP contribution in [0, 0.1) is 0 Å². The summed E-state index contributed by atoms with van der Waals surface area (Å²) in [6, 6.07) is 1.10. The van der Waals surface area contributed by atoms with E-state index in [2.05, 4.69) is 25.3 Å². The first-order valence-electron chi connectivity index (χ1n) is 9.11. The van der Waals surface area contributed by atoms with Crippen LogP contribution in [-0.4, -0.2) is 61.7 Å². The first-order valence-corrected chi connectivity index (χ1v) is 10.3. The summed E-state index contributed by atoms with van der Waals surface area (Å²) in [6.07, 6.45) is -0.229. The number of aliphatic hydroxyl groups excluding tert-OH is 2. The van der Waals surface area contributed by atoms with Gasteiger partial charge in [0.15, 0.2) is 6.23 Å². The maximum atomic E-state index is 11.9. The van der Waals surface area contributed by atoms with Crippen molar-refractivity contribution < 1.29 is 24.5 Å². The van der Waals surface area contributed by atoms with Crippen molar-refractivity contribution in [3.8, 4) is 0 Å². The van der Waals surface area contributed by atoms with Crippen LogP contribution in [0.3, 0.4) is 0 Å². The molecule has 2 heterocycles. The summed E-state index contributed by atoms with van der Waals surface area (Å²) >= 11 is 8.58. The number of nitrogens with zero attached hydrogens (tertiary/aromatic N) is 1. The summed E-state index contributed by atoms with van der Waals surface area (Å²) < 4.78 is 11.6. The number of nitrogens with one attached hydrogen (secondary N) is 1. The van der Waals surface area contributed by atoms with Gasteiger partial charge in [0.25, 0.3) is 5.56 Å². The molecule has 1 aliphatic rings. The van der Waals surface area contributed by atoms with Crippen LogP contribution < -0.4 is 11.2 Å². The molecule has 5 atom stereocenters. The molecule has 0 aromatic carbocycles. The van der Waals surface area contributed by atoms with E-state index >= 15 is 0 Å². The van der Waals surface area contributed by atoms with Gasteiger partial charge in [0, 0.05) is 23.9 Å². The van der Waals surface area contributed by atoms with Crippen molar-refractivity contribution in [3.63, 3.8) is 0 Å². The Kier molecular flexibility index (Phi) is 9.09. The Labute approximate surface area is 172 Å². The summed E-state index contributed by atoms with van der Waals surface area (Å²) in [5.41, 5.74) is -1.36. The lowest BCUT2D eigenvalue weighted by atomic mass is 10.1. The van der Waals surface area contributed by atoms with Crippen molar-refractivity contribution in [1.29, 1.82) is 0 Å². The Balaban J connectivity index is 1.79. The van der Waals surface area contributed by atoms with Gasteiger partial charge in [0.2, 0.25) is 0 Å².